The fraction of sp³-hybridized carbons (Fsp3) is 0.900. The summed E-state index contributed by atoms with van der Waals surface area (Å²) in [6.45, 7) is 0. The molecule has 1 aliphatic carbocycles. The summed E-state index contributed by atoms with van der Waals surface area (Å²) in [4.78, 5) is 10.9. The summed E-state index contributed by atoms with van der Waals surface area (Å²) >= 11 is 0. The van der Waals surface area contributed by atoms with Crippen molar-refractivity contribution in [3.05, 3.63) is 0 Å². The van der Waals surface area contributed by atoms with Crippen LogP contribution in [-0.4, -0.2) is 19.1 Å². The van der Waals surface area contributed by atoms with E-state index in [9.17, 15) is 4.79 Å². The van der Waals surface area contributed by atoms with Crippen LogP contribution in [-0.2, 0) is 9.53 Å². The molecule has 1 fully saturated rings. The Labute approximate surface area is 91.8 Å². The second-order valence-corrected chi connectivity index (χ2v) is 3.82. The van der Waals surface area contributed by atoms with Crippen molar-refractivity contribution in [2.75, 3.05) is 7.11 Å². The van der Waals surface area contributed by atoms with Crippen molar-refractivity contribution in [2.24, 2.45) is 11.7 Å². The lowest BCUT2D eigenvalue weighted by molar-refractivity contribution is -0.141. The Kier molecular flexibility index (Phi) is 6.93. The molecule has 1 rings (SSSR count). The van der Waals surface area contributed by atoms with Gasteiger partial charge in [0.1, 0.15) is 0 Å². The molecule has 0 heterocycles. The maximum Gasteiger partial charge on any atom is 0.305 e. The first kappa shape index (κ1) is 13.7. The molecular formula is C10H20ClNO2. The normalized spacial score (nSPS) is 26.4. The summed E-state index contributed by atoms with van der Waals surface area (Å²) in [5, 5.41) is 0. The molecule has 0 aromatic rings. The summed E-state index contributed by atoms with van der Waals surface area (Å²) in [6.07, 6.45) is 6.22. The molecule has 0 amide bonds. The number of ether oxygens (including phenoxy) is 1. The van der Waals surface area contributed by atoms with Crippen LogP contribution in [0.5, 0.6) is 0 Å². The van der Waals surface area contributed by atoms with E-state index in [1.54, 1.807) is 0 Å². The van der Waals surface area contributed by atoms with Gasteiger partial charge in [0, 0.05) is 12.5 Å². The standard InChI is InChI=1S/C10H19NO2.ClH/c1-13-10(12)7-6-8-4-2-3-5-9(8)11;/h8-9H,2-7,11H2,1H3;1H/t8-,9+;/m0./s1. The minimum Gasteiger partial charge on any atom is -0.469 e. The van der Waals surface area contributed by atoms with Gasteiger partial charge in [0.2, 0.25) is 0 Å². The maximum atomic E-state index is 10.9. The molecule has 3 nitrogen and oxygen atoms in total. The summed E-state index contributed by atoms with van der Waals surface area (Å²) in [5.41, 5.74) is 5.95. The molecule has 84 valence electrons. The van der Waals surface area contributed by atoms with Gasteiger partial charge in [-0.25, -0.2) is 0 Å². The van der Waals surface area contributed by atoms with Gasteiger partial charge in [0.05, 0.1) is 7.11 Å². The van der Waals surface area contributed by atoms with Crippen molar-refractivity contribution in [3.63, 3.8) is 0 Å². The molecule has 14 heavy (non-hydrogen) atoms. The van der Waals surface area contributed by atoms with Crippen LogP contribution in [0.15, 0.2) is 0 Å². The van der Waals surface area contributed by atoms with E-state index in [4.69, 9.17) is 5.73 Å². The molecular weight excluding hydrogens is 202 g/mol. The minimum absolute atomic E-state index is 0. The van der Waals surface area contributed by atoms with Crippen LogP contribution in [0.2, 0.25) is 0 Å². The third-order valence-electron chi connectivity index (χ3n) is 2.91. The highest BCUT2D eigenvalue weighted by atomic mass is 35.5. The highest BCUT2D eigenvalue weighted by molar-refractivity contribution is 5.85. The Morgan fingerprint density at radius 3 is 2.64 bits per heavy atom. The van der Waals surface area contributed by atoms with E-state index in [2.05, 4.69) is 4.74 Å². The Morgan fingerprint density at radius 2 is 2.07 bits per heavy atom. The quantitative estimate of drug-likeness (QED) is 0.741. The minimum atomic E-state index is -0.113. The number of methoxy groups -OCH3 is 1. The third kappa shape index (κ3) is 4.29. The van der Waals surface area contributed by atoms with Crippen molar-refractivity contribution < 1.29 is 9.53 Å². The van der Waals surface area contributed by atoms with E-state index < -0.39 is 0 Å². The Hall–Kier alpha value is -0.280. The molecule has 0 saturated heterocycles. The Balaban J connectivity index is 0.00000169. The molecule has 4 heteroatoms. The highest BCUT2D eigenvalue weighted by Crippen LogP contribution is 2.26. The zero-order valence-electron chi connectivity index (χ0n) is 8.70. The third-order valence-corrected chi connectivity index (χ3v) is 2.91. The molecule has 0 aromatic carbocycles. The number of nitrogens with two attached hydrogens (primary N) is 1. The monoisotopic (exact) mass is 221 g/mol. The number of hydrogen-bond acceptors (Lipinski definition) is 3. The van der Waals surface area contributed by atoms with E-state index in [-0.39, 0.29) is 18.4 Å². The second kappa shape index (κ2) is 7.07. The van der Waals surface area contributed by atoms with E-state index in [1.807, 2.05) is 0 Å². The average Bonchev–Trinajstić information content (AvgIpc) is 2.16. The number of halogens is 1. The number of carbonyl (C=O) groups is 1. The molecule has 0 bridgehead atoms. The predicted molar refractivity (Wildman–Crippen MR) is 58.4 cm³/mol. The van der Waals surface area contributed by atoms with Crippen molar-refractivity contribution >= 4 is 18.4 Å². The van der Waals surface area contributed by atoms with E-state index in [0.717, 1.165) is 12.8 Å². The second-order valence-electron chi connectivity index (χ2n) is 3.82. The van der Waals surface area contributed by atoms with Gasteiger partial charge in [-0.15, -0.1) is 12.4 Å². The van der Waals surface area contributed by atoms with Crippen LogP contribution in [0.25, 0.3) is 0 Å². The first-order valence-corrected chi connectivity index (χ1v) is 5.06. The number of rotatable bonds is 3. The molecule has 2 atom stereocenters. The van der Waals surface area contributed by atoms with Crippen LogP contribution >= 0.6 is 12.4 Å². The largest absolute Gasteiger partial charge is 0.469 e. The van der Waals surface area contributed by atoms with Crippen LogP contribution in [0.4, 0.5) is 0 Å². The molecule has 1 saturated carbocycles. The topological polar surface area (TPSA) is 52.3 Å². The molecule has 0 aliphatic heterocycles. The van der Waals surface area contributed by atoms with E-state index in [1.165, 1.54) is 26.4 Å². The fourth-order valence-electron chi connectivity index (χ4n) is 2.00. The smallest absolute Gasteiger partial charge is 0.305 e. The van der Waals surface area contributed by atoms with Crippen molar-refractivity contribution in [1.82, 2.24) is 0 Å². The average molecular weight is 222 g/mol. The first-order chi connectivity index (χ1) is 6.24. The molecule has 0 aromatic heterocycles. The molecule has 0 radical (unpaired) electrons. The summed E-state index contributed by atoms with van der Waals surface area (Å²) < 4.78 is 4.60. The van der Waals surface area contributed by atoms with Gasteiger partial charge < -0.3 is 10.5 Å². The Bertz CT molecular complexity index is 176. The lowest BCUT2D eigenvalue weighted by Crippen LogP contribution is -2.33. The van der Waals surface area contributed by atoms with Gasteiger partial charge >= 0.3 is 5.97 Å². The SMILES string of the molecule is COC(=O)CC[C@@H]1CCCC[C@H]1N.Cl. The van der Waals surface area contributed by atoms with Crippen LogP contribution in [0.1, 0.15) is 38.5 Å². The van der Waals surface area contributed by atoms with Crippen molar-refractivity contribution in [2.45, 2.75) is 44.6 Å². The predicted octanol–water partition coefficient (Wildman–Crippen LogP) is 1.88. The number of esters is 1. The first-order valence-electron chi connectivity index (χ1n) is 5.06. The highest BCUT2D eigenvalue weighted by Gasteiger charge is 2.22. The van der Waals surface area contributed by atoms with Gasteiger partial charge in [0.25, 0.3) is 0 Å². The number of carbonyl (C=O) groups excluding carboxylic acids is 1. The van der Waals surface area contributed by atoms with E-state index in [0.29, 0.717) is 18.4 Å². The summed E-state index contributed by atoms with van der Waals surface area (Å²) in [5.74, 6) is 0.422. The zero-order valence-corrected chi connectivity index (χ0v) is 9.52. The summed E-state index contributed by atoms with van der Waals surface area (Å²) in [7, 11) is 1.43. The van der Waals surface area contributed by atoms with Gasteiger partial charge in [0.15, 0.2) is 0 Å². The van der Waals surface area contributed by atoms with Crippen molar-refractivity contribution in [3.8, 4) is 0 Å². The molecule has 1 aliphatic rings. The molecule has 0 spiro atoms. The molecule has 2 N–H and O–H groups in total. The lowest BCUT2D eigenvalue weighted by atomic mass is 9.82. The van der Waals surface area contributed by atoms with Crippen LogP contribution < -0.4 is 5.73 Å². The fourth-order valence-corrected chi connectivity index (χ4v) is 2.00. The molecule has 0 unspecified atom stereocenters. The van der Waals surface area contributed by atoms with E-state index >= 15 is 0 Å². The summed E-state index contributed by atoms with van der Waals surface area (Å²) in [6, 6.07) is 0.304. The van der Waals surface area contributed by atoms with Crippen LogP contribution in [0.3, 0.4) is 0 Å². The van der Waals surface area contributed by atoms with Gasteiger partial charge in [-0.1, -0.05) is 12.8 Å². The van der Waals surface area contributed by atoms with Crippen LogP contribution in [0, 0.1) is 5.92 Å². The lowest BCUT2D eigenvalue weighted by Gasteiger charge is -2.28. The Morgan fingerprint density at radius 1 is 1.43 bits per heavy atom. The van der Waals surface area contributed by atoms with Gasteiger partial charge in [-0.3, -0.25) is 4.79 Å². The van der Waals surface area contributed by atoms with Crippen molar-refractivity contribution in [1.29, 1.82) is 0 Å². The zero-order chi connectivity index (χ0) is 9.68. The van der Waals surface area contributed by atoms with Gasteiger partial charge in [-0.2, -0.15) is 0 Å². The number of hydrogen-bond donors (Lipinski definition) is 1. The maximum absolute atomic E-state index is 10.9. The van der Waals surface area contributed by atoms with Gasteiger partial charge in [-0.05, 0) is 25.2 Å².